The molecule has 0 unspecified atom stereocenters. The van der Waals surface area contributed by atoms with Crippen molar-refractivity contribution in [1.29, 1.82) is 0 Å². The first-order valence-corrected chi connectivity index (χ1v) is 9.48. The monoisotopic (exact) mass is 352 g/mol. The van der Waals surface area contributed by atoms with E-state index in [2.05, 4.69) is 23.8 Å². The van der Waals surface area contributed by atoms with Crippen LogP contribution in [0.5, 0.6) is 0 Å². The molecule has 1 aromatic rings. The Kier molecular flexibility index (Phi) is 5.21. The highest BCUT2D eigenvalue weighted by molar-refractivity contribution is 6.34. The van der Waals surface area contributed by atoms with Crippen molar-refractivity contribution in [2.75, 3.05) is 26.2 Å². The molecular formula is C18H29ClN4O. The molecule has 1 saturated heterocycles. The second-order valence-corrected chi connectivity index (χ2v) is 8.10. The Balaban J connectivity index is 1.77. The van der Waals surface area contributed by atoms with Crippen molar-refractivity contribution in [3.8, 4) is 0 Å². The lowest BCUT2D eigenvalue weighted by Gasteiger charge is -2.34. The fourth-order valence-corrected chi connectivity index (χ4v) is 3.85. The van der Waals surface area contributed by atoms with Gasteiger partial charge in [-0.2, -0.15) is 5.10 Å². The molecular weight excluding hydrogens is 324 g/mol. The van der Waals surface area contributed by atoms with Crippen LogP contribution >= 0.6 is 11.6 Å². The lowest BCUT2D eigenvalue weighted by molar-refractivity contribution is 0.0698. The molecule has 1 saturated carbocycles. The summed E-state index contributed by atoms with van der Waals surface area (Å²) in [6, 6.07) is 0.417. The predicted octanol–water partition coefficient (Wildman–Crippen LogP) is 2.96. The number of carbonyl (C=O) groups excluding carboxylic acids is 1. The van der Waals surface area contributed by atoms with Crippen LogP contribution in [0, 0.1) is 18.8 Å². The summed E-state index contributed by atoms with van der Waals surface area (Å²) in [4.78, 5) is 17.6. The van der Waals surface area contributed by atoms with Crippen LogP contribution < -0.4 is 0 Å². The first-order chi connectivity index (χ1) is 11.4. The van der Waals surface area contributed by atoms with E-state index in [1.54, 1.807) is 4.68 Å². The molecule has 0 bridgehead atoms. The van der Waals surface area contributed by atoms with E-state index < -0.39 is 0 Å². The first-order valence-electron chi connectivity index (χ1n) is 9.11. The molecule has 5 nitrogen and oxygen atoms in total. The van der Waals surface area contributed by atoms with Gasteiger partial charge in [0.2, 0.25) is 0 Å². The van der Waals surface area contributed by atoms with Crippen LogP contribution in [0.2, 0.25) is 5.02 Å². The normalized spacial score (nSPS) is 22.9. The van der Waals surface area contributed by atoms with Crippen LogP contribution in [0.15, 0.2) is 0 Å². The van der Waals surface area contributed by atoms with E-state index in [-0.39, 0.29) is 5.91 Å². The van der Waals surface area contributed by atoms with Crippen LogP contribution in [0.1, 0.15) is 49.3 Å². The van der Waals surface area contributed by atoms with Gasteiger partial charge in [-0.15, -0.1) is 0 Å². The number of carbonyl (C=O) groups is 1. The Bertz CT molecular complexity index is 608. The topological polar surface area (TPSA) is 41.4 Å². The minimum Gasteiger partial charge on any atom is -0.336 e. The van der Waals surface area contributed by atoms with Gasteiger partial charge in [0.15, 0.2) is 5.69 Å². The number of amides is 1. The fraction of sp³-hybridized carbons (Fsp3) is 0.778. The predicted molar refractivity (Wildman–Crippen MR) is 96.4 cm³/mol. The average molecular weight is 353 g/mol. The Morgan fingerprint density at radius 1 is 1.33 bits per heavy atom. The van der Waals surface area contributed by atoms with E-state index in [4.69, 9.17) is 11.6 Å². The number of halogens is 1. The van der Waals surface area contributed by atoms with Crippen molar-refractivity contribution in [3.05, 3.63) is 16.4 Å². The van der Waals surface area contributed by atoms with E-state index in [1.807, 2.05) is 18.9 Å². The van der Waals surface area contributed by atoms with Gasteiger partial charge in [0.25, 0.3) is 5.91 Å². The SMILES string of the molecule is Cc1c(Cl)c(C(=O)N2CCCN(CC3CC3)[C@@H](C(C)C)C2)nn1C. The van der Waals surface area contributed by atoms with Crippen LogP contribution in [0.3, 0.4) is 0 Å². The van der Waals surface area contributed by atoms with E-state index in [9.17, 15) is 4.79 Å². The zero-order valence-corrected chi connectivity index (χ0v) is 16.0. The fourth-order valence-electron chi connectivity index (χ4n) is 3.61. The van der Waals surface area contributed by atoms with Gasteiger partial charge in [-0.05, 0) is 38.0 Å². The van der Waals surface area contributed by atoms with Gasteiger partial charge >= 0.3 is 0 Å². The minimum atomic E-state index is -0.0254. The number of aromatic nitrogens is 2. The maximum Gasteiger partial charge on any atom is 0.275 e. The Morgan fingerprint density at radius 2 is 2.04 bits per heavy atom. The Morgan fingerprint density at radius 3 is 2.58 bits per heavy atom. The van der Waals surface area contributed by atoms with Crippen LogP contribution in [-0.2, 0) is 7.05 Å². The van der Waals surface area contributed by atoms with Crippen molar-refractivity contribution in [1.82, 2.24) is 19.6 Å². The van der Waals surface area contributed by atoms with E-state index >= 15 is 0 Å². The third-order valence-corrected chi connectivity index (χ3v) is 5.91. The molecule has 6 heteroatoms. The number of aryl methyl sites for hydroxylation is 1. The summed E-state index contributed by atoms with van der Waals surface area (Å²) in [5.74, 6) is 1.38. The molecule has 1 aliphatic heterocycles. The standard InChI is InChI=1S/C18H29ClN4O/c1-12(2)15-11-23(9-5-8-22(15)10-14-6-7-14)18(24)17-16(19)13(3)21(4)20-17/h12,14-15H,5-11H2,1-4H3/t15-/m1/s1. The molecule has 24 heavy (non-hydrogen) atoms. The molecule has 0 aromatic carbocycles. The lowest BCUT2D eigenvalue weighted by atomic mass is 10.0. The maximum atomic E-state index is 13.0. The summed E-state index contributed by atoms with van der Waals surface area (Å²) >= 11 is 6.33. The molecule has 0 spiro atoms. The zero-order chi connectivity index (χ0) is 17.4. The molecule has 2 heterocycles. The highest BCUT2D eigenvalue weighted by Gasteiger charge is 2.34. The molecule has 3 rings (SSSR count). The summed E-state index contributed by atoms with van der Waals surface area (Å²) in [6.45, 7) is 10.2. The molecule has 2 aliphatic rings. The number of hydrogen-bond acceptors (Lipinski definition) is 3. The molecule has 1 aromatic heterocycles. The van der Waals surface area contributed by atoms with Crippen LogP contribution in [0.4, 0.5) is 0 Å². The number of hydrogen-bond donors (Lipinski definition) is 0. The Labute approximate surface area is 149 Å². The quantitative estimate of drug-likeness (QED) is 0.836. The van der Waals surface area contributed by atoms with Crippen LogP contribution in [0.25, 0.3) is 0 Å². The number of rotatable bonds is 4. The van der Waals surface area contributed by atoms with Crippen molar-refractivity contribution >= 4 is 17.5 Å². The van der Waals surface area contributed by atoms with E-state index in [0.29, 0.717) is 22.7 Å². The van der Waals surface area contributed by atoms with Crippen molar-refractivity contribution in [2.45, 2.75) is 46.1 Å². The van der Waals surface area contributed by atoms with Gasteiger partial charge in [-0.25, -0.2) is 0 Å². The summed E-state index contributed by atoms with van der Waals surface area (Å²) in [5, 5.41) is 4.83. The van der Waals surface area contributed by atoms with Gasteiger partial charge in [0, 0.05) is 39.3 Å². The summed E-state index contributed by atoms with van der Waals surface area (Å²) < 4.78 is 1.69. The number of nitrogens with zero attached hydrogens (tertiary/aromatic N) is 4. The smallest absolute Gasteiger partial charge is 0.275 e. The second kappa shape index (κ2) is 7.04. The van der Waals surface area contributed by atoms with E-state index in [0.717, 1.165) is 37.7 Å². The van der Waals surface area contributed by atoms with Crippen molar-refractivity contribution < 1.29 is 4.79 Å². The molecule has 0 radical (unpaired) electrons. The molecule has 1 amide bonds. The highest BCUT2D eigenvalue weighted by atomic mass is 35.5. The van der Waals surface area contributed by atoms with Gasteiger partial charge in [-0.1, -0.05) is 25.4 Å². The second-order valence-electron chi connectivity index (χ2n) is 7.73. The largest absolute Gasteiger partial charge is 0.336 e. The van der Waals surface area contributed by atoms with E-state index in [1.165, 1.54) is 19.4 Å². The average Bonchev–Trinajstić information content (AvgIpc) is 3.34. The molecule has 2 fully saturated rings. The Hall–Kier alpha value is -1.07. The highest BCUT2D eigenvalue weighted by Crippen LogP contribution is 2.32. The van der Waals surface area contributed by atoms with Crippen molar-refractivity contribution in [2.24, 2.45) is 18.9 Å². The van der Waals surface area contributed by atoms with Gasteiger partial charge in [-0.3, -0.25) is 14.4 Å². The maximum absolute atomic E-state index is 13.0. The van der Waals surface area contributed by atoms with Crippen LogP contribution in [-0.4, -0.2) is 57.7 Å². The van der Waals surface area contributed by atoms with Gasteiger partial charge < -0.3 is 4.90 Å². The van der Waals surface area contributed by atoms with Crippen molar-refractivity contribution in [3.63, 3.8) is 0 Å². The molecule has 134 valence electrons. The summed E-state index contributed by atoms with van der Waals surface area (Å²) in [6.07, 6.45) is 3.75. The first kappa shape index (κ1) is 17.7. The third kappa shape index (κ3) is 3.62. The van der Waals surface area contributed by atoms with Gasteiger partial charge in [0.1, 0.15) is 0 Å². The lowest BCUT2D eigenvalue weighted by Crippen LogP contribution is -2.46. The summed E-state index contributed by atoms with van der Waals surface area (Å²) in [7, 11) is 1.83. The summed E-state index contributed by atoms with van der Waals surface area (Å²) in [5.41, 5.74) is 1.24. The molecule has 1 aliphatic carbocycles. The zero-order valence-electron chi connectivity index (χ0n) is 15.3. The van der Waals surface area contributed by atoms with Gasteiger partial charge in [0.05, 0.1) is 10.7 Å². The molecule has 1 atom stereocenters. The third-order valence-electron chi connectivity index (χ3n) is 5.46. The molecule has 0 N–H and O–H groups in total. The minimum absolute atomic E-state index is 0.0254.